The summed E-state index contributed by atoms with van der Waals surface area (Å²) in [6.07, 6.45) is 6.40. The van der Waals surface area contributed by atoms with E-state index in [-0.39, 0.29) is 11.9 Å². The smallest absolute Gasteiger partial charge is 0.262 e. The molecule has 2 aromatic rings. The van der Waals surface area contributed by atoms with Gasteiger partial charge in [0.15, 0.2) is 0 Å². The number of hydrogen-bond donors (Lipinski definition) is 1. The van der Waals surface area contributed by atoms with Crippen molar-refractivity contribution in [2.24, 2.45) is 0 Å². The van der Waals surface area contributed by atoms with Crippen LogP contribution < -0.4 is 5.32 Å². The lowest BCUT2D eigenvalue weighted by atomic mass is 9.94. The Hall–Kier alpha value is -1.20. The zero-order valence-electron chi connectivity index (χ0n) is 10.8. The van der Waals surface area contributed by atoms with E-state index in [0.717, 1.165) is 22.7 Å². The Morgan fingerprint density at radius 2 is 2.21 bits per heavy atom. The van der Waals surface area contributed by atoms with Crippen LogP contribution in [0.4, 0.5) is 0 Å². The second-order valence-corrected chi connectivity index (χ2v) is 6.65. The maximum Gasteiger partial charge on any atom is 0.262 e. The maximum atomic E-state index is 12.4. The molecule has 0 bridgehead atoms. The van der Waals surface area contributed by atoms with E-state index in [1.165, 1.54) is 24.0 Å². The Bertz CT molecular complexity index is 574. The Morgan fingerprint density at radius 1 is 1.37 bits per heavy atom. The summed E-state index contributed by atoms with van der Waals surface area (Å²) >= 11 is 3.16. The summed E-state index contributed by atoms with van der Waals surface area (Å²) in [6, 6.07) is -0.0196. The molecule has 1 N–H and O–H groups in total. The van der Waals surface area contributed by atoms with Crippen LogP contribution >= 0.6 is 22.7 Å². The second kappa shape index (κ2) is 5.43. The number of nitrogens with zero attached hydrogens (tertiary/aromatic N) is 1. The Balaban J connectivity index is 1.75. The molecule has 1 aliphatic rings. The van der Waals surface area contributed by atoms with Crippen LogP contribution in [0.5, 0.6) is 0 Å². The number of fused-ring (bicyclic) bond motifs is 1. The second-order valence-electron chi connectivity index (χ2n) is 4.84. The van der Waals surface area contributed by atoms with Crippen molar-refractivity contribution < 1.29 is 4.79 Å². The molecule has 1 unspecified atom stereocenters. The molecule has 1 atom stereocenters. The van der Waals surface area contributed by atoms with Crippen molar-refractivity contribution in [1.82, 2.24) is 10.3 Å². The first kappa shape index (κ1) is 12.8. The van der Waals surface area contributed by atoms with Crippen LogP contribution in [0.2, 0.25) is 0 Å². The molecule has 0 aliphatic heterocycles. The molecule has 100 valence electrons. The van der Waals surface area contributed by atoms with Crippen molar-refractivity contribution in [2.75, 3.05) is 0 Å². The maximum absolute atomic E-state index is 12.4. The fourth-order valence-electron chi connectivity index (χ4n) is 2.48. The molecule has 1 amide bonds. The normalized spacial score (nSPS) is 15.8. The van der Waals surface area contributed by atoms with Gasteiger partial charge in [-0.2, -0.15) is 0 Å². The molecule has 1 aliphatic carbocycles. The molecular weight excluding hydrogens is 276 g/mol. The molecule has 0 aromatic carbocycles. The number of rotatable bonds is 3. The quantitative estimate of drug-likeness (QED) is 0.939. The fraction of sp³-hybridized carbons (Fsp3) is 0.429. The number of thiazole rings is 1. The number of carbonyl (C=O) groups is 1. The highest BCUT2D eigenvalue weighted by Gasteiger charge is 2.21. The van der Waals surface area contributed by atoms with Gasteiger partial charge < -0.3 is 5.32 Å². The SMILES string of the molecule is CC(NC(=O)c1scc2c1CCCC2)c1nccs1. The summed E-state index contributed by atoms with van der Waals surface area (Å²) in [4.78, 5) is 17.5. The molecule has 2 heterocycles. The van der Waals surface area contributed by atoms with Crippen LogP contribution in [0.3, 0.4) is 0 Å². The molecular formula is C14H16N2OS2. The summed E-state index contributed by atoms with van der Waals surface area (Å²) < 4.78 is 0. The first-order valence-electron chi connectivity index (χ1n) is 6.55. The van der Waals surface area contributed by atoms with Crippen molar-refractivity contribution in [3.05, 3.63) is 38.0 Å². The number of aromatic nitrogens is 1. The zero-order valence-corrected chi connectivity index (χ0v) is 12.4. The van der Waals surface area contributed by atoms with E-state index < -0.39 is 0 Å². The third-order valence-corrected chi connectivity index (χ3v) is 5.51. The minimum Gasteiger partial charge on any atom is -0.342 e. The van der Waals surface area contributed by atoms with Gasteiger partial charge >= 0.3 is 0 Å². The number of hydrogen-bond acceptors (Lipinski definition) is 4. The van der Waals surface area contributed by atoms with Gasteiger partial charge in [0.05, 0.1) is 10.9 Å². The summed E-state index contributed by atoms with van der Waals surface area (Å²) in [5.41, 5.74) is 2.66. The molecule has 0 saturated heterocycles. The third-order valence-electron chi connectivity index (χ3n) is 3.48. The molecule has 0 spiro atoms. The average Bonchev–Trinajstić information content (AvgIpc) is 3.08. The lowest BCUT2D eigenvalue weighted by Gasteiger charge is -2.14. The van der Waals surface area contributed by atoms with Crippen molar-refractivity contribution in [3.8, 4) is 0 Å². The minimum absolute atomic E-state index is 0.0196. The van der Waals surface area contributed by atoms with Crippen LogP contribution in [0, 0.1) is 0 Å². The van der Waals surface area contributed by atoms with Crippen molar-refractivity contribution in [3.63, 3.8) is 0 Å². The van der Waals surface area contributed by atoms with Crippen LogP contribution in [-0.2, 0) is 12.8 Å². The summed E-state index contributed by atoms with van der Waals surface area (Å²) in [5, 5.41) is 8.10. The van der Waals surface area contributed by atoms with Gasteiger partial charge in [-0.05, 0) is 49.1 Å². The lowest BCUT2D eigenvalue weighted by Crippen LogP contribution is -2.26. The fourth-order valence-corrected chi connectivity index (χ4v) is 4.19. The van der Waals surface area contributed by atoms with E-state index in [2.05, 4.69) is 15.7 Å². The molecule has 0 fully saturated rings. The van der Waals surface area contributed by atoms with Crippen molar-refractivity contribution in [2.45, 2.75) is 38.6 Å². The lowest BCUT2D eigenvalue weighted by molar-refractivity contribution is 0.0943. The zero-order chi connectivity index (χ0) is 13.2. The predicted octanol–water partition coefficient (Wildman–Crippen LogP) is 3.57. The van der Waals surface area contributed by atoms with Gasteiger partial charge in [0, 0.05) is 11.6 Å². The molecule has 0 saturated carbocycles. The Morgan fingerprint density at radius 3 is 3.00 bits per heavy atom. The van der Waals surface area contributed by atoms with Gasteiger partial charge in [0.2, 0.25) is 0 Å². The van der Waals surface area contributed by atoms with Gasteiger partial charge in [-0.15, -0.1) is 22.7 Å². The highest BCUT2D eigenvalue weighted by Crippen LogP contribution is 2.30. The minimum atomic E-state index is -0.0196. The number of thiophene rings is 1. The molecule has 3 nitrogen and oxygen atoms in total. The first-order chi connectivity index (χ1) is 9.25. The van der Waals surface area contributed by atoms with Gasteiger partial charge in [-0.1, -0.05) is 0 Å². The highest BCUT2D eigenvalue weighted by molar-refractivity contribution is 7.12. The molecule has 2 aromatic heterocycles. The number of carbonyl (C=O) groups excluding carboxylic acids is 1. The van der Waals surface area contributed by atoms with E-state index in [0.29, 0.717) is 0 Å². The average molecular weight is 292 g/mol. The van der Waals surface area contributed by atoms with Crippen LogP contribution in [0.15, 0.2) is 17.0 Å². The number of amides is 1. The molecule has 5 heteroatoms. The van der Waals surface area contributed by atoms with Gasteiger partial charge in [-0.3, -0.25) is 4.79 Å². The van der Waals surface area contributed by atoms with E-state index in [9.17, 15) is 4.79 Å². The van der Waals surface area contributed by atoms with Gasteiger partial charge in [-0.25, -0.2) is 4.98 Å². The third kappa shape index (κ3) is 2.58. The summed E-state index contributed by atoms with van der Waals surface area (Å²) in [6.45, 7) is 1.98. The first-order valence-corrected chi connectivity index (χ1v) is 8.31. The molecule has 0 radical (unpaired) electrons. The predicted molar refractivity (Wildman–Crippen MR) is 79.0 cm³/mol. The van der Waals surface area contributed by atoms with Crippen LogP contribution in [0.1, 0.15) is 51.6 Å². The monoisotopic (exact) mass is 292 g/mol. The Kier molecular flexibility index (Phi) is 3.66. The van der Waals surface area contributed by atoms with Crippen LogP contribution in [-0.4, -0.2) is 10.9 Å². The summed E-state index contributed by atoms with van der Waals surface area (Å²) in [7, 11) is 0. The standard InChI is InChI=1S/C14H16N2OS2/c1-9(14-15-6-7-18-14)16-13(17)12-11-5-3-2-4-10(11)8-19-12/h6-9H,2-5H2,1H3,(H,16,17). The number of aryl methyl sites for hydroxylation is 1. The van der Waals surface area contributed by atoms with E-state index in [4.69, 9.17) is 0 Å². The highest BCUT2D eigenvalue weighted by atomic mass is 32.1. The summed E-state index contributed by atoms with van der Waals surface area (Å²) in [5.74, 6) is 0.0517. The molecule has 3 rings (SSSR count). The van der Waals surface area contributed by atoms with Crippen LogP contribution in [0.25, 0.3) is 0 Å². The number of nitrogens with one attached hydrogen (secondary N) is 1. The van der Waals surface area contributed by atoms with Crippen molar-refractivity contribution >= 4 is 28.6 Å². The molecule has 19 heavy (non-hydrogen) atoms. The largest absolute Gasteiger partial charge is 0.342 e. The van der Waals surface area contributed by atoms with Gasteiger partial charge in [0.25, 0.3) is 5.91 Å². The van der Waals surface area contributed by atoms with E-state index in [1.807, 2.05) is 12.3 Å². The topological polar surface area (TPSA) is 42.0 Å². The van der Waals surface area contributed by atoms with E-state index in [1.54, 1.807) is 28.9 Å². The Labute approximate surface area is 120 Å². The van der Waals surface area contributed by atoms with Gasteiger partial charge in [0.1, 0.15) is 5.01 Å². The van der Waals surface area contributed by atoms with E-state index >= 15 is 0 Å². The van der Waals surface area contributed by atoms with Crippen molar-refractivity contribution in [1.29, 1.82) is 0 Å².